The number of nitrogens with two attached hydrogens (primary N) is 1. The van der Waals surface area contributed by atoms with Crippen LogP contribution in [0.3, 0.4) is 0 Å². The molecule has 29 heavy (non-hydrogen) atoms. The number of hydrogen-bond acceptors (Lipinski definition) is 5. The zero-order chi connectivity index (χ0) is 20.4. The fraction of sp³-hybridized carbons (Fsp3) is 0.286. The summed E-state index contributed by atoms with van der Waals surface area (Å²) in [5.74, 6) is -0.362. The first-order chi connectivity index (χ1) is 14.0. The summed E-state index contributed by atoms with van der Waals surface area (Å²) in [6.07, 6.45) is 2.07. The Morgan fingerprint density at radius 1 is 1.21 bits per heavy atom. The number of aromatic nitrogens is 3. The number of nitrogens with zero attached hydrogens (tertiary/aromatic N) is 4. The van der Waals surface area contributed by atoms with Gasteiger partial charge in [0, 0.05) is 31.0 Å². The number of methoxy groups -OCH3 is 1. The van der Waals surface area contributed by atoms with Crippen molar-refractivity contribution in [2.75, 3.05) is 19.5 Å². The molecule has 3 aromatic rings. The molecule has 2 N–H and O–H groups in total. The molecule has 0 aliphatic carbocycles. The molecule has 0 fully saturated rings. The summed E-state index contributed by atoms with van der Waals surface area (Å²) in [5.41, 5.74) is 10.4. The van der Waals surface area contributed by atoms with Gasteiger partial charge in [0.1, 0.15) is 5.82 Å². The van der Waals surface area contributed by atoms with Crippen LogP contribution < -0.4 is 5.73 Å². The molecule has 1 aromatic carbocycles. The number of amides is 1. The SMILES string of the molecule is COCCn1cc2c(n1)CN(C(=O)Cc1nc(-c3ccc(F)cc3)ccc1N)C2. The molecule has 1 aliphatic heterocycles. The summed E-state index contributed by atoms with van der Waals surface area (Å²) in [6, 6.07) is 9.57. The van der Waals surface area contributed by atoms with Gasteiger partial charge in [-0.2, -0.15) is 5.10 Å². The van der Waals surface area contributed by atoms with Crippen LogP contribution in [0.1, 0.15) is 17.0 Å². The number of pyridine rings is 1. The van der Waals surface area contributed by atoms with Crippen molar-refractivity contribution in [3.05, 3.63) is 65.4 Å². The highest BCUT2D eigenvalue weighted by Crippen LogP contribution is 2.24. The summed E-state index contributed by atoms with van der Waals surface area (Å²) in [7, 11) is 1.66. The van der Waals surface area contributed by atoms with Gasteiger partial charge >= 0.3 is 0 Å². The van der Waals surface area contributed by atoms with Gasteiger partial charge < -0.3 is 15.4 Å². The van der Waals surface area contributed by atoms with Crippen LogP contribution in [0.5, 0.6) is 0 Å². The first kappa shape index (κ1) is 19.1. The predicted molar refractivity (Wildman–Crippen MR) is 106 cm³/mol. The predicted octanol–water partition coefficient (Wildman–Crippen LogP) is 2.40. The number of fused-ring (bicyclic) bond motifs is 1. The van der Waals surface area contributed by atoms with Gasteiger partial charge in [-0.05, 0) is 36.4 Å². The number of carbonyl (C=O) groups excluding carboxylic acids is 1. The van der Waals surface area contributed by atoms with E-state index in [0.29, 0.717) is 43.3 Å². The van der Waals surface area contributed by atoms with Crippen LogP contribution in [-0.2, 0) is 35.6 Å². The van der Waals surface area contributed by atoms with Crippen molar-refractivity contribution in [1.29, 1.82) is 0 Å². The molecule has 2 aromatic heterocycles. The highest BCUT2D eigenvalue weighted by Gasteiger charge is 2.27. The monoisotopic (exact) mass is 395 g/mol. The van der Waals surface area contributed by atoms with E-state index >= 15 is 0 Å². The topological polar surface area (TPSA) is 86.3 Å². The van der Waals surface area contributed by atoms with Crippen LogP contribution >= 0.6 is 0 Å². The molecule has 0 spiro atoms. The molecule has 1 amide bonds. The van der Waals surface area contributed by atoms with Gasteiger partial charge in [-0.15, -0.1) is 0 Å². The Hall–Kier alpha value is -3.26. The second-order valence-electron chi connectivity index (χ2n) is 7.02. The molecule has 0 atom stereocenters. The maximum atomic E-state index is 13.2. The van der Waals surface area contributed by atoms with Crippen LogP contribution in [0.4, 0.5) is 10.1 Å². The standard InChI is InChI=1S/C21H22FN5O2/c1-29-9-8-27-12-15-11-26(13-20(15)25-27)21(28)10-19-17(23)6-7-18(24-19)14-2-4-16(22)5-3-14/h2-7,12H,8-11,13,23H2,1H3. The van der Waals surface area contributed by atoms with E-state index < -0.39 is 0 Å². The molecule has 4 rings (SSSR count). The molecule has 0 bridgehead atoms. The average Bonchev–Trinajstić information content (AvgIpc) is 3.27. The van der Waals surface area contributed by atoms with E-state index in [2.05, 4.69) is 10.1 Å². The van der Waals surface area contributed by atoms with Crippen molar-refractivity contribution < 1.29 is 13.9 Å². The van der Waals surface area contributed by atoms with Crippen LogP contribution in [-0.4, -0.2) is 39.3 Å². The molecule has 1 aliphatic rings. The summed E-state index contributed by atoms with van der Waals surface area (Å²) >= 11 is 0. The van der Waals surface area contributed by atoms with Crippen molar-refractivity contribution in [2.45, 2.75) is 26.1 Å². The number of anilines is 1. The lowest BCUT2D eigenvalue weighted by Crippen LogP contribution is -2.28. The number of rotatable bonds is 6. The van der Waals surface area contributed by atoms with Crippen molar-refractivity contribution in [2.24, 2.45) is 0 Å². The van der Waals surface area contributed by atoms with Gasteiger partial charge in [-0.25, -0.2) is 4.39 Å². The second kappa shape index (κ2) is 8.00. The molecule has 8 heteroatoms. The minimum atomic E-state index is -0.308. The fourth-order valence-electron chi connectivity index (χ4n) is 3.38. The number of carbonyl (C=O) groups is 1. The molecule has 0 radical (unpaired) electrons. The third kappa shape index (κ3) is 4.12. The first-order valence-electron chi connectivity index (χ1n) is 9.36. The Morgan fingerprint density at radius 2 is 2.00 bits per heavy atom. The van der Waals surface area contributed by atoms with Gasteiger partial charge in [0.05, 0.1) is 48.9 Å². The summed E-state index contributed by atoms with van der Waals surface area (Å²) < 4.78 is 20.1. The van der Waals surface area contributed by atoms with Crippen molar-refractivity contribution >= 4 is 11.6 Å². The molecule has 7 nitrogen and oxygen atoms in total. The fourth-order valence-corrected chi connectivity index (χ4v) is 3.38. The van der Waals surface area contributed by atoms with E-state index in [4.69, 9.17) is 10.5 Å². The highest BCUT2D eigenvalue weighted by atomic mass is 19.1. The van der Waals surface area contributed by atoms with E-state index in [1.165, 1.54) is 12.1 Å². The average molecular weight is 395 g/mol. The Morgan fingerprint density at radius 3 is 2.72 bits per heavy atom. The molecule has 0 saturated carbocycles. The third-order valence-corrected chi connectivity index (χ3v) is 4.97. The van der Waals surface area contributed by atoms with Crippen LogP contribution in [0.15, 0.2) is 42.6 Å². The van der Waals surface area contributed by atoms with Crippen molar-refractivity contribution in [3.8, 4) is 11.3 Å². The van der Waals surface area contributed by atoms with Gasteiger partial charge in [0.15, 0.2) is 0 Å². The van der Waals surface area contributed by atoms with Crippen LogP contribution in [0, 0.1) is 5.82 Å². The number of halogens is 1. The molecule has 0 saturated heterocycles. The Kier molecular flexibility index (Phi) is 5.26. The van der Waals surface area contributed by atoms with Gasteiger partial charge in [-0.1, -0.05) is 0 Å². The van der Waals surface area contributed by atoms with E-state index in [1.807, 2.05) is 10.9 Å². The zero-order valence-electron chi connectivity index (χ0n) is 16.1. The lowest BCUT2D eigenvalue weighted by atomic mass is 10.1. The Balaban J connectivity index is 1.45. The maximum absolute atomic E-state index is 13.2. The minimum absolute atomic E-state index is 0.0538. The molecule has 0 unspecified atom stereocenters. The highest BCUT2D eigenvalue weighted by molar-refractivity contribution is 5.80. The Bertz CT molecular complexity index is 1010. The quantitative estimate of drug-likeness (QED) is 0.693. The van der Waals surface area contributed by atoms with E-state index in [-0.39, 0.29) is 18.1 Å². The second-order valence-corrected chi connectivity index (χ2v) is 7.02. The van der Waals surface area contributed by atoms with Gasteiger partial charge in [0.2, 0.25) is 5.91 Å². The zero-order valence-corrected chi connectivity index (χ0v) is 16.1. The maximum Gasteiger partial charge on any atom is 0.229 e. The number of ether oxygens (including phenoxy) is 1. The summed E-state index contributed by atoms with van der Waals surface area (Å²) in [5, 5.41) is 4.52. The normalized spacial score (nSPS) is 13.0. The van der Waals surface area contributed by atoms with Gasteiger partial charge in [-0.3, -0.25) is 14.5 Å². The largest absolute Gasteiger partial charge is 0.397 e. The molecular weight excluding hydrogens is 373 g/mol. The molecular formula is C21H22FN5O2. The number of benzene rings is 1. The Labute approximate surface area is 167 Å². The van der Waals surface area contributed by atoms with E-state index in [9.17, 15) is 9.18 Å². The summed E-state index contributed by atoms with van der Waals surface area (Å²) in [4.78, 5) is 19.1. The lowest BCUT2D eigenvalue weighted by Gasteiger charge is -2.16. The van der Waals surface area contributed by atoms with Crippen LogP contribution in [0.2, 0.25) is 0 Å². The molecule has 150 valence electrons. The lowest BCUT2D eigenvalue weighted by molar-refractivity contribution is -0.131. The first-order valence-corrected chi connectivity index (χ1v) is 9.36. The third-order valence-electron chi connectivity index (χ3n) is 4.97. The molecule has 3 heterocycles. The van der Waals surface area contributed by atoms with E-state index in [1.54, 1.807) is 36.3 Å². The van der Waals surface area contributed by atoms with Gasteiger partial charge in [0.25, 0.3) is 0 Å². The van der Waals surface area contributed by atoms with Crippen molar-refractivity contribution in [1.82, 2.24) is 19.7 Å². The minimum Gasteiger partial charge on any atom is -0.397 e. The summed E-state index contributed by atoms with van der Waals surface area (Å²) in [6.45, 7) is 2.29. The van der Waals surface area contributed by atoms with Crippen LogP contribution in [0.25, 0.3) is 11.3 Å². The number of nitrogen functional groups attached to an aromatic ring is 1. The number of hydrogen-bond donors (Lipinski definition) is 1. The van der Waals surface area contributed by atoms with E-state index in [0.717, 1.165) is 16.8 Å². The smallest absolute Gasteiger partial charge is 0.229 e. The van der Waals surface area contributed by atoms with Crippen molar-refractivity contribution in [3.63, 3.8) is 0 Å².